The van der Waals surface area contributed by atoms with Crippen molar-refractivity contribution >= 4 is 11.7 Å². The molecule has 0 aliphatic carbocycles. The lowest BCUT2D eigenvalue weighted by Gasteiger charge is -2.37. The maximum atomic E-state index is 11.6. The summed E-state index contributed by atoms with van der Waals surface area (Å²) in [6, 6.07) is 0. The van der Waals surface area contributed by atoms with E-state index in [0.29, 0.717) is 0 Å². The largest absolute Gasteiger partial charge is 0.394 e. The number of rotatable bonds is 4. The lowest BCUT2D eigenvalue weighted by atomic mass is 10.0. The van der Waals surface area contributed by atoms with Crippen LogP contribution in [-0.4, -0.2) is 62.6 Å². The third-order valence-corrected chi connectivity index (χ3v) is 3.10. The Bertz CT molecular complexity index is 396. The highest BCUT2D eigenvalue weighted by molar-refractivity contribution is 5.88. The normalized spacial score (nSPS) is 34.7. The molecule has 108 valence electrons. The fourth-order valence-corrected chi connectivity index (χ4v) is 2.06. The molecule has 1 saturated heterocycles. The van der Waals surface area contributed by atoms with Crippen LogP contribution in [0.15, 0.2) is 12.3 Å². The van der Waals surface area contributed by atoms with E-state index in [0.717, 1.165) is 11.0 Å². The molecule has 4 atom stereocenters. The van der Waals surface area contributed by atoms with Gasteiger partial charge in [0.15, 0.2) is 11.5 Å². The number of aliphatic hydroxyl groups is 3. The summed E-state index contributed by atoms with van der Waals surface area (Å²) in [7, 11) is 0. The maximum absolute atomic E-state index is 11.6. The summed E-state index contributed by atoms with van der Waals surface area (Å²) in [5, 5.41) is 28.8. The molecule has 1 heterocycles. The van der Waals surface area contributed by atoms with Crippen LogP contribution in [-0.2, 0) is 14.3 Å². The molecule has 3 N–H and O–H groups in total. The molecular formula is C12H19NO6. The van der Waals surface area contributed by atoms with E-state index < -0.39 is 36.6 Å². The topological polar surface area (TPSA) is 107 Å². The molecule has 0 aromatic heterocycles. The summed E-state index contributed by atoms with van der Waals surface area (Å²) >= 11 is 0. The van der Waals surface area contributed by atoms with Crippen LogP contribution in [0, 0.1) is 0 Å². The summed E-state index contributed by atoms with van der Waals surface area (Å²) in [6.45, 7) is 3.47. The molecule has 0 radical (unpaired) electrons. The van der Waals surface area contributed by atoms with Crippen molar-refractivity contribution in [3.8, 4) is 0 Å². The van der Waals surface area contributed by atoms with Crippen molar-refractivity contribution < 1.29 is 29.6 Å². The Kier molecular flexibility index (Phi) is 4.81. The van der Waals surface area contributed by atoms with E-state index in [1.165, 1.54) is 27.0 Å². The Labute approximate surface area is 111 Å². The summed E-state index contributed by atoms with van der Waals surface area (Å²) in [5.74, 6) is -0.744. The zero-order chi connectivity index (χ0) is 14.8. The second-order valence-electron chi connectivity index (χ2n) is 4.64. The van der Waals surface area contributed by atoms with Crippen molar-refractivity contribution in [3.05, 3.63) is 12.3 Å². The molecule has 1 amide bonds. The standard InChI is InChI=1S/C12H19NO6/c1-7(15)4-5-13(8(2)16)12(3)11(18)10(17)9(6-14)19-12/h4-5,9-11,14,17-18H,6H2,1-3H3/b5-4-/t9-,10-,11-,12-/m1/s1. The van der Waals surface area contributed by atoms with Crippen molar-refractivity contribution in [3.63, 3.8) is 0 Å². The van der Waals surface area contributed by atoms with Gasteiger partial charge in [-0.05, 0) is 19.9 Å². The Hall–Kier alpha value is -1.28. The second-order valence-corrected chi connectivity index (χ2v) is 4.64. The van der Waals surface area contributed by atoms with Gasteiger partial charge in [0.2, 0.25) is 5.91 Å². The lowest BCUT2D eigenvalue weighted by molar-refractivity contribution is -0.174. The van der Waals surface area contributed by atoms with Crippen LogP contribution in [0.5, 0.6) is 0 Å². The quantitative estimate of drug-likeness (QED) is 0.553. The summed E-state index contributed by atoms with van der Waals surface area (Å²) in [4.78, 5) is 23.6. The van der Waals surface area contributed by atoms with Crippen LogP contribution in [0.1, 0.15) is 20.8 Å². The van der Waals surface area contributed by atoms with Crippen LogP contribution >= 0.6 is 0 Å². The molecule has 0 spiro atoms. The molecule has 0 unspecified atom stereocenters. The van der Waals surface area contributed by atoms with E-state index in [1.54, 1.807) is 0 Å². The molecule has 1 aliphatic rings. The smallest absolute Gasteiger partial charge is 0.225 e. The van der Waals surface area contributed by atoms with Gasteiger partial charge < -0.3 is 20.1 Å². The van der Waals surface area contributed by atoms with Gasteiger partial charge in [0.1, 0.15) is 18.3 Å². The summed E-state index contributed by atoms with van der Waals surface area (Å²) in [5.41, 5.74) is -1.54. The highest BCUT2D eigenvalue weighted by Crippen LogP contribution is 2.34. The van der Waals surface area contributed by atoms with Crippen molar-refractivity contribution in [1.29, 1.82) is 0 Å². The molecule has 7 heteroatoms. The van der Waals surface area contributed by atoms with Gasteiger partial charge in [-0.1, -0.05) is 0 Å². The number of nitrogens with zero attached hydrogens (tertiary/aromatic N) is 1. The van der Waals surface area contributed by atoms with Crippen LogP contribution in [0.25, 0.3) is 0 Å². The Balaban J connectivity index is 3.07. The van der Waals surface area contributed by atoms with Crippen molar-refractivity contribution in [2.24, 2.45) is 0 Å². The number of allylic oxidation sites excluding steroid dienone is 1. The fourth-order valence-electron chi connectivity index (χ4n) is 2.06. The molecule has 0 bridgehead atoms. The molecule has 0 aromatic rings. The van der Waals surface area contributed by atoms with Gasteiger partial charge in [0, 0.05) is 13.1 Å². The predicted octanol–water partition coefficient (Wildman–Crippen LogP) is -1.23. The van der Waals surface area contributed by atoms with E-state index in [-0.39, 0.29) is 5.78 Å². The molecule has 1 aliphatic heterocycles. The molecule has 1 fully saturated rings. The van der Waals surface area contributed by atoms with Crippen molar-refractivity contribution in [2.75, 3.05) is 6.61 Å². The zero-order valence-electron chi connectivity index (χ0n) is 11.1. The number of hydrogen-bond acceptors (Lipinski definition) is 6. The first-order valence-electron chi connectivity index (χ1n) is 5.87. The van der Waals surface area contributed by atoms with Gasteiger partial charge in [-0.15, -0.1) is 0 Å². The van der Waals surface area contributed by atoms with Gasteiger partial charge in [-0.2, -0.15) is 0 Å². The van der Waals surface area contributed by atoms with E-state index in [2.05, 4.69) is 0 Å². The van der Waals surface area contributed by atoms with E-state index in [1.807, 2.05) is 0 Å². The molecule has 0 aromatic carbocycles. The van der Waals surface area contributed by atoms with Crippen molar-refractivity contribution in [2.45, 2.75) is 44.8 Å². The van der Waals surface area contributed by atoms with Gasteiger partial charge >= 0.3 is 0 Å². The molecule has 1 rings (SSSR count). The number of carbonyl (C=O) groups is 2. The van der Waals surface area contributed by atoms with Gasteiger partial charge in [-0.25, -0.2) is 0 Å². The van der Waals surface area contributed by atoms with Crippen molar-refractivity contribution in [1.82, 2.24) is 4.90 Å². The van der Waals surface area contributed by atoms with Crippen LogP contribution < -0.4 is 0 Å². The first-order valence-corrected chi connectivity index (χ1v) is 5.87. The van der Waals surface area contributed by atoms with E-state index in [4.69, 9.17) is 9.84 Å². The first kappa shape index (κ1) is 15.8. The second kappa shape index (κ2) is 5.79. The fraction of sp³-hybridized carbons (Fsp3) is 0.667. The number of hydrogen-bond donors (Lipinski definition) is 3. The molecule has 19 heavy (non-hydrogen) atoms. The number of aliphatic hydroxyl groups excluding tert-OH is 3. The van der Waals surface area contributed by atoms with Crippen LogP contribution in [0.2, 0.25) is 0 Å². The average Bonchev–Trinajstić information content (AvgIpc) is 2.53. The molecule has 7 nitrogen and oxygen atoms in total. The third-order valence-electron chi connectivity index (χ3n) is 3.10. The Morgan fingerprint density at radius 2 is 1.95 bits per heavy atom. The zero-order valence-corrected chi connectivity index (χ0v) is 11.1. The average molecular weight is 273 g/mol. The predicted molar refractivity (Wildman–Crippen MR) is 64.7 cm³/mol. The van der Waals surface area contributed by atoms with Gasteiger partial charge in [0.05, 0.1) is 6.61 Å². The maximum Gasteiger partial charge on any atom is 0.225 e. The minimum atomic E-state index is -1.54. The van der Waals surface area contributed by atoms with Crippen LogP contribution in [0.4, 0.5) is 0 Å². The SMILES string of the molecule is CC(=O)/C=C\N(C(C)=O)[C@]1(C)O[C@H](CO)[C@@H](O)[C@H]1O. The summed E-state index contributed by atoms with van der Waals surface area (Å²) < 4.78 is 5.37. The first-order chi connectivity index (χ1) is 8.74. The minimum Gasteiger partial charge on any atom is -0.394 e. The van der Waals surface area contributed by atoms with Gasteiger partial charge in [0.25, 0.3) is 0 Å². The Morgan fingerprint density at radius 3 is 2.32 bits per heavy atom. The number of ether oxygens (including phenoxy) is 1. The van der Waals surface area contributed by atoms with E-state index in [9.17, 15) is 19.8 Å². The van der Waals surface area contributed by atoms with Gasteiger partial charge in [-0.3, -0.25) is 14.5 Å². The third kappa shape index (κ3) is 3.01. The summed E-state index contributed by atoms with van der Waals surface area (Å²) in [6.07, 6.45) is -1.36. The Morgan fingerprint density at radius 1 is 1.37 bits per heavy atom. The number of carbonyl (C=O) groups excluding carboxylic acids is 2. The lowest BCUT2D eigenvalue weighted by Crippen LogP contribution is -2.54. The highest BCUT2D eigenvalue weighted by atomic mass is 16.6. The monoisotopic (exact) mass is 273 g/mol. The number of amides is 1. The van der Waals surface area contributed by atoms with E-state index >= 15 is 0 Å². The molecule has 0 saturated carbocycles. The highest BCUT2D eigenvalue weighted by Gasteiger charge is 2.54. The minimum absolute atomic E-state index is 0.276. The van der Waals surface area contributed by atoms with Crippen LogP contribution in [0.3, 0.4) is 0 Å². The number of ketones is 1. The molecular weight excluding hydrogens is 254 g/mol.